The standard InChI is InChI=1S/C14H11F3N2S/c1-7-6-8(15)2-4-10(7)19-11-5-3-9(14(18)20)12(16)13(11)17/h2-6,19H,1H3,(H2,18,20). The fourth-order valence-corrected chi connectivity index (χ4v) is 1.91. The molecule has 0 bridgehead atoms. The first kappa shape index (κ1) is 14.3. The van der Waals surface area contributed by atoms with E-state index in [1.54, 1.807) is 6.92 Å². The predicted molar refractivity (Wildman–Crippen MR) is 76.7 cm³/mol. The van der Waals surface area contributed by atoms with Gasteiger partial charge in [-0.05, 0) is 42.8 Å². The molecule has 2 rings (SSSR count). The van der Waals surface area contributed by atoms with Gasteiger partial charge in [0, 0.05) is 11.3 Å². The number of thiocarbonyl (C=S) groups is 1. The molecule has 2 aromatic rings. The summed E-state index contributed by atoms with van der Waals surface area (Å²) in [5.74, 6) is -2.59. The lowest BCUT2D eigenvalue weighted by atomic mass is 10.1. The van der Waals surface area contributed by atoms with E-state index in [0.29, 0.717) is 11.3 Å². The summed E-state index contributed by atoms with van der Waals surface area (Å²) in [5.41, 5.74) is 6.12. The molecule has 0 atom stereocenters. The maximum absolute atomic E-state index is 13.9. The monoisotopic (exact) mass is 296 g/mol. The van der Waals surface area contributed by atoms with Gasteiger partial charge in [0.2, 0.25) is 0 Å². The van der Waals surface area contributed by atoms with E-state index in [-0.39, 0.29) is 16.2 Å². The third-order valence-electron chi connectivity index (χ3n) is 2.81. The molecular weight excluding hydrogens is 285 g/mol. The molecule has 0 amide bonds. The van der Waals surface area contributed by atoms with Crippen LogP contribution in [0.3, 0.4) is 0 Å². The molecule has 0 aliphatic heterocycles. The maximum atomic E-state index is 13.9. The second-order valence-corrected chi connectivity index (χ2v) is 4.68. The van der Waals surface area contributed by atoms with E-state index in [1.807, 2.05) is 0 Å². The second-order valence-electron chi connectivity index (χ2n) is 4.24. The molecule has 0 aliphatic rings. The minimum Gasteiger partial charge on any atom is -0.389 e. The van der Waals surface area contributed by atoms with Crippen LogP contribution < -0.4 is 11.1 Å². The quantitative estimate of drug-likeness (QED) is 0.846. The average Bonchev–Trinajstić information content (AvgIpc) is 2.37. The summed E-state index contributed by atoms with van der Waals surface area (Å²) in [7, 11) is 0. The van der Waals surface area contributed by atoms with Crippen LogP contribution in [-0.4, -0.2) is 4.99 Å². The van der Waals surface area contributed by atoms with Crippen molar-refractivity contribution in [2.24, 2.45) is 5.73 Å². The minimum atomic E-state index is -1.11. The number of halogens is 3. The van der Waals surface area contributed by atoms with Crippen LogP contribution in [0.1, 0.15) is 11.1 Å². The van der Waals surface area contributed by atoms with Crippen molar-refractivity contribution in [2.75, 3.05) is 5.32 Å². The molecule has 2 nitrogen and oxygen atoms in total. The summed E-state index contributed by atoms with van der Waals surface area (Å²) < 4.78 is 40.6. The Kier molecular flexibility index (Phi) is 3.94. The number of rotatable bonds is 3. The van der Waals surface area contributed by atoms with Crippen molar-refractivity contribution in [1.29, 1.82) is 0 Å². The van der Waals surface area contributed by atoms with Crippen molar-refractivity contribution in [1.82, 2.24) is 0 Å². The Bertz CT molecular complexity index is 686. The molecule has 0 spiro atoms. The molecule has 0 saturated heterocycles. The normalized spacial score (nSPS) is 10.4. The summed E-state index contributed by atoms with van der Waals surface area (Å²) in [6, 6.07) is 6.59. The minimum absolute atomic E-state index is 0.0720. The Morgan fingerprint density at radius 3 is 2.30 bits per heavy atom. The van der Waals surface area contributed by atoms with Crippen molar-refractivity contribution < 1.29 is 13.2 Å². The van der Waals surface area contributed by atoms with Crippen LogP contribution in [0.25, 0.3) is 0 Å². The molecule has 0 aromatic heterocycles. The molecule has 0 radical (unpaired) electrons. The first-order valence-corrected chi connectivity index (χ1v) is 6.12. The van der Waals surface area contributed by atoms with Crippen LogP contribution >= 0.6 is 12.2 Å². The average molecular weight is 296 g/mol. The Hall–Kier alpha value is -2.08. The molecule has 0 unspecified atom stereocenters. The predicted octanol–water partition coefficient (Wildman–Crippen LogP) is 3.79. The number of hydrogen-bond donors (Lipinski definition) is 2. The van der Waals surface area contributed by atoms with E-state index >= 15 is 0 Å². The van der Waals surface area contributed by atoms with E-state index in [2.05, 4.69) is 17.5 Å². The van der Waals surface area contributed by atoms with Crippen molar-refractivity contribution >= 4 is 28.6 Å². The molecular formula is C14H11F3N2S. The summed E-state index contributed by atoms with van der Waals surface area (Å²) in [6.45, 7) is 1.66. The Balaban J connectivity index is 2.39. The summed E-state index contributed by atoms with van der Waals surface area (Å²) >= 11 is 4.63. The zero-order valence-electron chi connectivity index (χ0n) is 10.5. The number of nitrogens with two attached hydrogens (primary N) is 1. The summed E-state index contributed by atoms with van der Waals surface area (Å²) in [4.78, 5) is -0.217. The zero-order valence-corrected chi connectivity index (χ0v) is 11.3. The van der Waals surface area contributed by atoms with Gasteiger partial charge in [0.1, 0.15) is 10.8 Å². The van der Waals surface area contributed by atoms with Crippen molar-refractivity contribution in [3.63, 3.8) is 0 Å². The van der Waals surface area contributed by atoms with Crippen molar-refractivity contribution in [3.8, 4) is 0 Å². The van der Waals surface area contributed by atoms with Crippen LogP contribution in [0, 0.1) is 24.4 Å². The molecule has 2 aromatic carbocycles. The number of nitrogens with one attached hydrogen (secondary N) is 1. The van der Waals surface area contributed by atoms with Gasteiger partial charge >= 0.3 is 0 Å². The molecule has 3 N–H and O–H groups in total. The van der Waals surface area contributed by atoms with E-state index < -0.39 is 17.5 Å². The molecule has 0 heterocycles. The van der Waals surface area contributed by atoms with Crippen LogP contribution in [-0.2, 0) is 0 Å². The van der Waals surface area contributed by atoms with Gasteiger partial charge in [0.05, 0.1) is 5.69 Å². The first-order valence-electron chi connectivity index (χ1n) is 5.71. The van der Waals surface area contributed by atoms with E-state index in [1.165, 1.54) is 30.3 Å². The lowest BCUT2D eigenvalue weighted by molar-refractivity contribution is 0.510. The van der Waals surface area contributed by atoms with Gasteiger partial charge in [-0.25, -0.2) is 13.2 Å². The highest BCUT2D eigenvalue weighted by Crippen LogP contribution is 2.26. The summed E-state index contributed by atoms with van der Waals surface area (Å²) in [5, 5.41) is 2.71. The van der Waals surface area contributed by atoms with Crippen LogP contribution in [0.5, 0.6) is 0 Å². The third-order valence-corrected chi connectivity index (χ3v) is 3.03. The van der Waals surface area contributed by atoms with Crippen molar-refractivity contribution in [2.45, 2.75) is 6.92 Å². The highest BCUT2D eigenvalue weighted by molar-refractivity contribution is 7.80. The Morgan fingerprint density at radius 2 is 1.70 bits per heavy atom. The Morgan fingerprint density at radius 1 is 1.05 bits per heavy atom. The Labute approximate surface area is 119 Å². The summed E-state index contributed by atoms with van der Waals surface area (Å²) in [6.07, 6.45) is 0. The van der Waals surface area contributed by atoms with Crippen LogP contribution in [0.15, 0.2) is 30.3 Å². The van der Waals surface area contributed by atoms with Gasteiger partial charge < -0.3 is 11.1 Å². The zero-order chi connectivity index (χ0) is 14.9. The topological polar surface area (TPSA) is 38.0 Å². The fraction of sp³-hybridized carbons (Fsp3) is 0.0714. The van der Waals surface area contributed by atoms with Gasteiger partial charge in [-0.15, -0.1) is 0 Å². The highest BCUT2D eigenvalue weighted by Gasteiger charge is 2.15. The first-order chi connectivity index (χ1) is 9.40. The SMILES string of the molecule is Cc1cc(F)ccc1Nc1ccc(C(N)=S)c(F)c1F. The van der Waals surface area contributed by atoms with Gasteiger partial charge in [0.15, 0.2) is 11.6 Å². The lowest BCUT2D eigenvalue weighted by Gasteiger charge is -2.12. The molecule has 6 heteroatoms. The number of hydrogen-bond acceptors (Lipinski definition) is 2. The van der Waals surface area contributed by atoms with Gasteiger partial charge in [-0.2, -0.15) is 0 Å². The number of aryl methyl sites for hydroxylation is 1. The fourth-order valence-electron chi connectivity index (χ4n) is 1.75. The van der Waals surface area contributed by atoms with E-state index in [4.69, 9.17) is 5.73 Å². The highest BCUT2D eigenvalue weighted by atomic mass is 32.1. The number of benzene rings is 2. The smallest absolute Gasteiger partial charge is 0.182 e. The van der Waals surface area contributed by atoms with E-state index in [0.717, 1.165) is 0 Å². The largest absolute Gasteiger partial charge is 0.389 e. The van der Waals surface area contributed by atoms with Gasteiger partial charge in [0.25, 0.3) is 0 Å². The molecule has 0 aliphatic carbocycles. The molecule has 104 valence electrons. The lowest BCUT2D eigenvalue weighted by Crippen LogP contribution is -2.13. The number of anilines is 2. The van der Waals surface area contributed by atoms with Crippen molar-refractivity contribution in [3.05, 3.63) is 58.9 Å². The van der Waals surface area contributed by atoms with Crippen LogP contribution in [0.2, 0.25) is 0 Å². The van der Waals surface area contributed by atoms with Gasteiger partial charge in [-0.3, -0.25) is 0 Å². The molecule has 20 heavy (non-hydrogen) atoms. The van der Waals surface area contributed by atoms with Gasteiger partial charge in [-0.1, -0.05) is 12.2 Å². The second kappa shape index (κ2) is 5.50. The third kappa shape index (κ3) is 2.75. The maximum Gasteiger partial charge on any atom is 0.182 e. The molecule has 0 saturated carbocycles. The molecule has 0 fully saturated rings. The van der Waals surface area contributed by atoms with Crippen LogP contribution in [0.4, 0.5) is 24.5 Å². The van der Waals surface area contributed by atoms with E-state index in [9.17, 15) is 13.2 Å².